The molecule has 5 nitrogen and oxygen atoms in total. The molecule has 124 valence electrons. The average molecular weight is 311 g/mol. The number of halogens is 1. The van der Waals surface area contributed by atoms with Crippen molar-refractivity contribution in [1.82, 2.24) is 5.32 Å². The summed E-state index contributed by atoms with van der Waals surface area (Å²) in [4.78, 5) is 13.7. The quantitative estimate of drug-likeness (QED) is 0.757. The number of anilines is 2. The lowest BCUT2D eigenvalue weighted by Gasteiger charge is -2.26. The van der Waals surface area contributed by atoms with Crippen LogP contribution in [0.4, 0.5) is 20.6 Å². The fraction of sp³-hybridized carbons (Fsp3) is 0.562. The van der Waals surface area contributed by atoms with Gasteiger partial charge in [-0.15, -0.1) is 0 Å². The molecule has 0 aliphatic rings. The molecular weight excluding hydrogens is 285 g/mol. The minimum Gasteiger partial charge on any atom is -0.396 e. The van der Waals surface area contributed by atoms with Crippen LogP contribution >= 0.6 is 0 Å². The van der Waals surface area contributed by atoms with E-state index in [2.05, 4.69) is 10.6 Å². The molecule has 0 unspecified atom stereocenters. The summed E-state index contributed by atoms with van der Waals surface area (Å²) in [5.41, 5.74) is 0.340. The molecule has 0 aliphatic heterocycles. The summed E-state index contributed by atoms with van der Waals surface area (Å²) >= 11 is 0. The summed E-state index contributed by atoms with van der Waals surface area (Å²) in [5.74, 6) is -0.386. The number of carbonyl (C=O) groups excluding carboxylic acids is 1. The highest BCUT2D eigenvalue weighted by Crippen LogP contribution is 2.23. The van der Waals surface area contributed by atoms with Gasteiger partial charge in [-0.1, -0.05) is 0 Å². The zero-order valence-corrected chi connectivity index (χ0v) is 13.9. The summed E-state index contributed by atoms with van der Waals surface area (Å²) in [6.07, 6.45) is 0.437. The lowest BCUT2D eigenvalue weighted by molar-refractivity contribution is 0.218. The molecule has 0 saturated carbocycles. The van der Waals surface area contributed by atoms with Gasteiger partial charge in [-0.05, 0) is 52.3 Å². The van der Waals surface area contributed by atoms with Gasteiger partial charge >= 0.3 is 6.03 Å². The highest BCUT2D eigenvalue weighted by atomic mass is 19.1. The van der Waals surface area contributed by atoms with Crippen LogP contribution in [0.1, 0.15) is 34.1 Å². The molecule has 0 radical (unpaired) electrons. The van der Waals surface area contributed by atoms with Crippen LogP contribution in [0.15, 0.2) is 18.2 Å². The lowest BCUT2D eigenvalue weighted by Crippen LogP contribution is -2.46. The second kappa shape index (κ2) is 7.45. The van der Waals surface area contributed by atoms with Gasteiger partial charge in [0.15, 0.2) is 0 Å². The molecule has 1 aromatic rings. The number of nitrogens with zero attached hydrogens (tertiary/aromatic N) is 1. The van der Waals surface area contributed by atoms with Gasteiger partial charge in [0.05, 0.1) is 5.69 Å². The Hall–Kier alpha value is -1.82. The molecule has 0 heterocycles. The van der Waals surface area contributed by atoms with Crippen molar-refractivity contribution in [2.45, 2.75) is 45.7 Å². The number of urea groups is 1. The molecular formula is C16H26FN3O2. The monoisotopic (exact) mass is 311 g/mol. The number of rotatable bonds is 6. The first kappa shape index (κ1) is 18.2. The second-order valence-electron chi connectivity index (χ2n) is 6.31. The maximum Gasteiger partial charge on any atom is 0.319 e. The van der Waals surface area contributed by atoms with E-state index in [1.54, 1.807) is 12.1 Å². The first-order valence-corrected chi connectivity index (χ1v) is 7.38. The number of amides is 2. The Balaban J connectivity index is 2.75. The van der Waals surface area contributed by atoms with Crippen LogP contribution in [-0.2, 0) is 0 Å². The summed E-state index contributed by atoms with van der Waals surface area (Å²) in [6, 6.07) is 4.35. The molecule has 0 aliphatic carbocycles. The number of benzene rings is 1. The predicted molar refractivity (Wildman–Crippen MR) is 87.9 cm³/mol. The van der Waals surface area contributed by atoms with Crippen molar-refractivity contribution in [2.75, 3.05) is 23.9 Å². The van der Waals surface area contributed by atoms with Crippen molar-refractivity contribution in [3.05, 3.63) is 24.0 Å². The van der Waals surface area contributed by atoms with Crippen molar-refractivity contribution >= 4 is 17.4 Å². The van der Waals surface area contributed by atoms with E-state index in [0.717, 1.165) is 0 Å². The third-order valence-electron chi connectivity index (χ3n) is 3.55. The zero-order valence-electron chi connectivity index (χ0n) is 13.9. The van der Waals surface area contributed by atoms with Gasteiger partial charge < -0.3 is 20.6 Å². The van der Waals surface area contributed by atoms with E-state index in [1.807, 2.05) is 39.6 Å². The van der Waals surface area contributed by atoms with Gasteiger partial charge in [-0.3, -0.25) is 0 Å². The van der Waals surface area contributed by atoms with Crippen molar-refractivity contribution in [3.8, 4) is 0 Å². The van der Waals surface area contributed by atoms with E-state index in [-0.39, 0.29) is 18.5 Å². The van der Waals surface area contributed by atoms with E-state index in [9.17, 15) is 9.18 Å². The van der Waals surface area contributed by atoms with Crippen molar-refractivity contribution in [3.63, 3.8) is 0 Å². The van der Waals surface area contributed by atoms with Crippen molar-refractivity contribution < 1.29 is 14.3 Å². The fourth-order valence-electron chi connectivity index (χ4n) is 1.96. The Labute approximate surface area is 131 Å². The molecule has 0 bridgehead atoms. The van der Waals surface area contributed by atoms with Crippen LogP contribution in [-0.4, -0.2) is 36.4 Å². The Kier molecular flexibility index (Phi) is 6.17. The smallest absolute Gasteiger partial charge is 0.319 e. The van der Waals surface area contributed by atoms with Gasteiger partial charge in [0.2, 0.25) is 0 Å². The van der Waals surface area contributed by atoms with E-state index < -0.39 is 11.6 Å². The topological polar surface area (TPSA) is 64.6 Å². The minimum absolute atomic E-state index is 0.0157. The van der Waals surface area contributed by atoms with E-state index in [0.29, 0.717) is 17.8 Å². The molecule has 2 amide bonds. The van der Waals surface area contributed by atoms with Crippen LogP contribution in [0.3, 0.4) is 0 Å². The number of hydrogen-bond acceptors (Lipinski definition) is 3. The molecule has 6 heteroatoms. The third kappa shape index (κ3) is 5.18. The maximum atomic E-state index is 14.1. The Bertz CT molecular complexity index is 518. The number of aliphatic hydroxyl groups excluding tert-OH is 1. The molecule has 0 atom stereocenters. The first-order valence-electron chi connectivity index (χ1n) is 7.38. The van der Waals surface area contributed by atoms with E-state index in [1.165, 1.54) is 6.07 Å². The lowest BCUT2D eigenvalue weighted by atomic mass is 10.0. The van der Waals surface area contributed by atoms with E-state index >= 15 is 0 Å². The summed E-state index contributed by atoms with van der Waals surface area (Å²) in [7, 11) is 1.82. The minimum atomic E-state index is -0.533. The van der Waals surface area contributed by atoms with Gasteiger partial charge in [0, 0.05) is 30.9 Å². The van der Waals surface area contributed by atoms with Crippen LogP contribution < -0.4 is 15.5 Å². The van der Waals surface area contributed by atoms with Crippen molar-refractivity contribution in [1.29, 1.82) is 0 Å². The van der Waals surface area contributed by atoms with Crippen LogP contribution in [0, 0.1) is 5.82 Å². The molecule has 0 saturated heterocycles. The second-order valence-corrected chi connectivity index (χ2v) is 6.31. The molecule has 1 rings (SSSR count). The normalized spacial score (nSPS) is 11.5. The Morgan fingerprint density at radius 1 is 1.41 bits per heavy atom. The Morgan fingerprint density at radius 3 is 2.55 bits per heavy atom. The average Bonchev–Trinajstić information content (AvgIpc) is 2.36. The van der Waals surface area contributed by atoms with Crippen molar-refractivity contribution in [2.24, 2.45) is 0 Å². The molecule has 0 fully saturated rings. The standard InChI is InChI=1S/C16H26FN3O2/c1-11(2)20(5)14-7-6-12(10-13(14)17)18-15(22)19-16(3,4)8-9-21/h6-7,10-11,21H,8-9H2,1-5H3,(H2,18,19,22). The molecule has 3 N–H and O–H groups in total. The van der Waals surface area contributed by atoms with Crippen LogP contribution in [0.25, 0.3) is 0 Å². The number of aliphatic hydroxyl groups is 1. The maximum absolute atomic E-state index is 14.1. The number of nitrogens with one attached hydrogen (secondary N) is 2. The molecule has 1 aromatic carbocycles. The number of carbonyl (C=O) groups is 1. The molecule has 0 spiro atoms. The highest BCUT2D eigenvalue weighted by Gasteiger charge is 2.20. The summed E-state index contributed by atoms with van der Waals surface area (Å²) in [5, 5.41) is 14.3. The Morgan fingerprint density at radius 2 is 2.05 bits per heavy atom. The highest BCUT2D eigenvalue weighted by molar-refractivity contribution is 5.90. The van der Waals surface area contributed by atoms with Gasteiger partial charge in [-0.2, -0.15) is 0 Å². The number of hydrogen-bond donors (Lipinski definition) is 3. The third-order valence-corrected chi connectivity index (χ3v) is 3.55. The summed E-state index contributed by atoms with van der Waals surface area (Å²) in [6.45, 7) is 7.55. The molecule has 0 aromatic heterocycles. The first-order chi connectivity index (χ1) is 10.2. The molecule has 22 heavy (non-hydrogen) atoms. The summed E-state index contributed by atoms with van der Waals surface area (Å²) < 4.78 is 14.1. The van der Waals surface area contributed by atoms with Gasteiger partial charge in [0.1, 0.15) is 5.82 Å². The SMILES string of the molecule is CC(C)N(C)c1ccc(NC(=O)NC(C)(C)CCO)cc1F. The van der Waals surface area contributed by atoms with Crippen LogP contribution in [0.5, 0.6) is 0 Å². The van der Waals surface area contributed by atoms with E-state index in [4.69, 9.17) is 5.11 Å². The predicted octanol–water partition coefficient (Wildman–Crippen LogP) is 2.95. The van der Waals surface area contributed by atoms with Gasteiger partial charge in [-0.25, -0.2) is 9.18 Å². The van der Waals surface area contributed by atoms with Crippen LogP contribution in [0.2, 0.25) is 0 Å². The fourth-order valence-corrected chi connectivity index (χ4v) is 1.96. The zero-order chi connectivity index (χ0) is 16.9. The largest absolute Gasteiger partial charge is 0.396 e. The van der Waals surface area contributed by atoms with Gasteiger partial charge in [0.25, 0.3) is 0 Å².